The minimum Gasteiger partial charge on any atom is -0.364 e. The molecule has 0 amide bonds. The fraction of sp³-hybridized carbons (Fsp3) is 0.444. The Morgan fingerprint density at radius 3 is 2.95 bits per heavy atom. The Kier molecular flexibility index (Phi) is 4.32. The van der Waals surface area contributed by atoms with Crippen LogP contribution < -0.4 is 10.2 Å². The summed E-state index contributed by atoms with van der Waals surface area (Å²) in [6.45, 7) is 8.87. The van der Waals surface area contributed by atoms with E-state index in [1.54, 1.807) is 4.88 Å². The Bertz CT molecular complexity index is 605. The summed E-state index contributed by atoms with van der Waals surface area (Å²) in [4.78, 5) is 4.13. The maximum Gasteiger partial charge on any atom is 0.0525 e. The van der Waals surface area contributed by atoms with Crippen molar-refractivity contribution in [2.24, 2.45) is 0 Å². The molecule has 0 bridgehead atoms. The summed E-state index contributed by atoms with van der Waals surface area (Å²) < 4.78 is 0. The number of nitrogens with zero attached hydrogens (tertiary/aromatic N) is 1. The van der Waals surface area contributed by atoms with Gasteiger partial charge in [0.1, 0.15) is 0 Å². The van der Waals surface area contributed by atoms with Gasteiger partial charge in [-0.1, -0.05) is 25.1 Å². The number of anilines is 1. The average Bonchev–Trinajstić information content (AvgIpc) is 2.97. The number of rotatable bonds is 4. The lowest BCUT2D eigenvalue weighted by Crippen LogP contribution is -2.34. The fourth-order valence-electron chi connectivity index (χ4n) is 3.37. The largest absolute Gasteiger partial charge is 0.364 e. The van der Waals surface area contributed by atoms with Gasteiger partial charge in [-0.3, -0.25) is 0 Å². The normalized spacial score (nSPS) is 19.4. The molecule has 3 heteroatoms. The van der Waals surface area contributed by atoms with Crippen molar-refractivity contribution in [3.8, 4) is 0 Å². The van der Waals surface area contributed by atoms with E-state index in [0.29, 0.717) is 12.1 Å². The van der Waals surface area contributed by atoms with E-state index >= 15 is 0 Å². The standard InChI is InChI=1S/C18H24N2S/c1-4-19-13(2)15-7-5-6-8-17(15)20-11-9-18-16(14(20)3)10-12-21-18/h5-8,10,12-14,19H,4,9,11H2,1-3H3. The molecule has 3 rings (SSSR count). The third kappa shape index (κ3) is 2.72. The highest BCUT2D eigenvalue weighted by molar-refractivity contribution is 7.10. The van der Waals surface area contributed by atoms with Crippen LogP contribution in [0.1, 0.15) is 48.9 Å². The van der Waals surface area contributed by atoms with Crippen molar-refractivity contribution in [1.82, 2.24) is 5.32 Å². The molecular formula is C18H24N2S. The SMILES string of the molecule is CCNC(C)c1ccccc1N1CCc2sccc2C1C. The highest BCUT2D eigenvalue weighted by atomic mass is 32.1. The van der Waals surface area contributed by atoms with Gasteiger partial charge in [0.2, 0.25) is 0 Å². The molecule has 1 aromatic carbocycles. The second-order valence-corrected chi connectivity index (χ2v) is 6.76. The maximum atomic E-state index is 3.55. The lowest BCUT2D eigenvalue weighted by molar-refractivity contribution is 0.583. The van der Waals surface area contributed by atoms with Crippen LogP contribution in [-0.4, -0.2) is 13.1 Å². The predicted octanol–water partition coefficient (Wildman–Crippen LogP) is 4.54. The smallest absolute Gasteiger partial charge is 0.0525 e. The van der Waals surface area contributed by atoms with Gasteiger partial charge in [0, 0.05) is 23.2 Å². The van der Waals surface area contributed by atoms with Crippen molar-refractivity contribution < 1.29 is 0 Å². The van der Waals surface area contributed by atoms with Gasteiger partial charge in [-0.15, -0.1) is 11.3 Å². The summed E-state index contributed by atoms with van der Waals surface area (Å²) >= 11 is 1.91. The third-order valence-corrected chi connectivity index (χ3v) is 5.50. The van der Waals surface area contributed by atoms with E-state index in [9.17, 15) is 0 Å². The van der Waals surface area contributed by atoms with Crippen LogP contribution in [0.3, 0.4) is 0 Å². The van der Waals surface area contributed by atoms with Gasteiger partial charge in [-0.2, -0.15) is 0 Å². The number of nitrogens with one attached hydrogen (secondary N) is 1. The molecule has 1 aromatic heterocycles. The molecule has 2 aromatic rings. The molecule has 2 unspecified atom stereocenters. The van der Waals surface area contributed by atoms with Crippen LogP contribution in [0, 0.1) is 0 Å². The molecule has 2 heterocycles. The van der Waals surface area contributed by atoms with Crippen LogP contribution in [0.5, 0.6) is 0 Å². The van der Waals surface area contributed by atoms with Crippen LogP contribution in [0.25, 0.3) is 0 Å². The molecule has 21 heavy (non-hydrogen) atoms. The van der Waals surface area contributed by atoms with Gasteiger partial charge in [0.25, 0.3) is 0 Å². The lowest BCUT2D eigenvalue weighted by atomic mass is 9.97. The van der Waals surface area contributed by atoms with E-state index in [0.717, 1.165) is 13.1 Å². The quantitative estimate of drug-likeness (QED) is 0.891. The van der Waals surface area contributed by atoms with Crippen molar-refractivity contribution >= 4 is 17.0 Å². The Morgan fingerprint density at radius 2 is 2.14 bits per heavy atom. The van der Waals surface area contributed by atoms with Crippen LogP contribution in [0.2, 0.25) is 0 Å². The fourth-order valence-corrected chi connectivity index (χ4v) is 4.33. The Balaban J connectivity index is 1.94. The first-order valence-electron chi connectivity index (χ1n) is 7.87. The summed E-state index contributed by atoms with van der Waals surface area (Å²) in [5.74, 6) is 0. The summed E-state index contributed by atoms with van der Waals surface area (Å²) in [6.07, 6.45) is 1.17. The number of fused-ring (bicyclic) bond motifs is 1. The molecule has 1 aliphatic heterocycles. The van der Waals surface area contributed by atoms with Crippen LogP contribution in [-0.2, 0) is 6.42 Å². The number of benzene rings is 1. The Labute approximate surface area is 131 Å². The number of hydrogen-bond acceptors (Lipinski definition) is 3. The third-order valence-electron chi connectivity index (χ3n) is 4.50. The molecule has 0 saturated heterocycles. The van der Waals surface area contributed by atoms with Crippen molar-refractivity contribution in [3.63, 3.8) is 0 Å². The lowest BCUT2D eigenvalue weighted by Gasteiger charge is -2.37. The zero-order valence-electron chi connectivity index (χ0n) is 13.1. The van der Waals surface area contributed by atoms with Crippen LogP contribution >= 0.6 is 11.3 Å². The summed E-state index contributed by atoms with van der Waals surface area (Å²) in [7, 11) is 0. The van der Waals surface area contributed by atoms with Gasteiger partial charge < -0.3 is 10.2 Å². The average molecular weight is 300 g/mol. The molecule has 0 radical (unpaired) electrons. The summed E-state index contributed by atoms with van der Waals surface area (Å²) in [6, 6.07) is 12.0. The molecule has 0 saturated carbocycles. The highest BCUT2D eigenvalue weighted by Gasteiger charge is 2.26. The Hall–Kier alpha value is -1.32. The summed E-state index contributed by atoms with van der Waals surface area (Å²) in [5, 5.41) is 5.78. The van der Waals surface area contributed by atoms with E-state index < -0.39 is 0 Å². The topological polar surface area (TPSA) is 15.3 Å². The minimum atomic E-state index is 0.391. The van der Waals surface area contributed by atoms with E-state index in [1.165, 1.54) is 23.2 Å². The second kappa shape index (κ2) is 6.20. The molecule has 2 atom stereocenters. The molecule has 0 spiro atoms. The van der Waals surface area contributed by atoms with Crippen molar-refractivity contribution in [3.05, 3.63) is 51.7 Å². The number of hydrogen-bond donors (Lipinski definition) is 1. The van der Waals surface area contributed by atoms with Gasteiger partial charge in [-0.25, -0.2) is 0 Å². The van der Waals surface area contributed by atoms with Gasteiger partial charge in [0.05, 0.1) is 6.04 Å². The molecule has 1 N–H and O–H groups in total. The van der Waals surface area contributed by atoms with E-state index in [2.05, 4.69) is 66.7 Å². The zero-order valence-corrected chi connectivity index (χ0v) is 13.9. The van der Waals surface area contributed by atoms with Crippen molar-refractivity contribution in [2.75, 3.05) is 18.0 Å². The summed E-state index contributed by atoms with van der Waals surface area (Å²) in [5.41, 5.74) is 4.30. The molecule has 112 valence electrons. The maximum absolute atomic E-state index is 3.55. The van der Waals surface area contributed by atoms with Gasteiger partial charge >= 0.3 is 0 Å². The molecule has 0 aliphatic carbocycles. The van der Waals surface area contributed by atoms with Gasteiger partial charge in [-0.05, 0) is 55.5 Å². The number of thiophene rings is 1. The van der Waals surface area contributed by atoms with E-state index in [4.69, 9.17) is 0 Å². The predicted molar refractivity (Wildman–Crippen MR) is 92.3 cm³/mol. The van der Waals surface area contributed by atoms with Crippen molar-refractivity contribution in [1.29, 1.82) is 0 Å². The highest BCUT2D eigenvalue weighted by Crippen LogP contribution is 2.38. The van der Waals surface area contributed by atoms with Gasteiger partial charge in [0.15, 0.2) is 0 Å². The molecular weight excluding hydrogens is 276 g/mol. The minimum absolute atomic E-state index is 0.391. The van der Waals surface area contributed by atoms with Crippen LogP contribution in [0.15, 0.2) is 35.7 Å². The first kappa shape index (κ1) is 14.6. The first-order chi connectivity index (χ1) is 10.2. The zero-order chi connectivity index (χ0) is 14.8. The molecule has 0 fully saturated rings. The molecule has 2 nitrogen and oxygen atoms in total. The Morgan fingerprint density at radius 1 is 1.33 bits per heavy atom. The van der Waals surface area contributed by atoms with Crippen LogP contribution in [0.4, 0.5) is 5.69 Å². The van der Waals surface area contributed by atoms with E-state index in [-0.39, 0.29) is 0 Å². The van der Waals surface area contributed by atoms with Crippen molar-refractivity contribution in [2.45, 2.75) is 39.3 Å². The monoisotopic (exact) mass is 300 g/mol. The molecule has 1 aliphatic rings. The van der Waals surface area contributed by atoms with E-state index in [1.807, 2.05) is 11.3 Å². The first-order valence-corrected chi connectivity index (χ1v) is 8.75. The number of para-hydroxylation sites is 1. The second-order valence-electron chi connectivity index (χ2n) is 5.76.